The Morgan fingerprint density at radius 1 is 1.21 bits per heavy atom. The third-order valence-electron chi connectivity index (χ3n) is 5.52. The molecule has 0 fully saturated rings. The second kappa shape index (κ2) is 8.91. The lowest BCUT2D eigenvalue weighted by molar-refractivity contribution is -0.141. The zero-order chi connectivity index (χ0) is 23.8. The summed E-state index contributed by atoms with van der Waals surface area (Å²) in [6, 6.07) is 6.79. The molecule has 3 heterocycles. The number of benzene rings is 1. The zero-order valence-corrected chi connectivity index (χ0v) is 18.0. The van der Waals surface area contributed by atoms with Gasteiger partial charge in [0.25, 0.3) is 5.91 Å². The van der Waals surface area contributed by atoms with E-state index >= 15 is 0 Å². The minimum Gasteiger partial charge on any atom is -0.383 e. The Morgan fingerprint density at radius 2 is 1.97 bits per heavy atom. The Kier molecular flexibility index (Phi) is 6.17. The number of carbonyl (C=O) groups is 1. The molecule has 0 bridgehead atoms. The Labute approximate surface area is 187 Å². The number of methoxy groups -OCH3 is 1. The number of anilines is 1. The molecule has 1 aromatic carbocycles. The van der Waals surface area contributed by atoms with E-state index in [1.54, 1.807) is 25.1 Å². The second-order valence-electron chi connectivity index (χ2n) is 7.82. The molecule has 1 atom stereocenters. The van der Waals surface area contributed by atoms with Crippen molar-refractivity contribution in [2.45, 2.75) is 38.9 Å². The molecule has 2 N–H and O–H groups in total. The molecule has 33 heavy (non-hydrogen) atoms. The molecular formula is C22H22F3N5O3. The maximum absolute atomic E-state index is 13.5. The standard InChI is InChI=1S/C22H22F3N5O3/c1-12(9-32-2)30(8-14-4-6-19(29-28-14)22(23,24)25)21(31)13-3-5-18-15(7-13)16-10-33-11-17(16)20(26)27-18/h3-7,12H,8-11H2,1-2H3,(H2,26,27). The van der Waals surface area contributed by atoms with E-state index in [1.165, 1.54) is 18.1 Å². The van der Waals surface area contributed by atoms with Crippen LogP contribution < -0.4 is 5.73 Å². The summed E-state index contributed by atoms with van der Waals surface area (Å²) in [6.07, 6.45) is -4.59. The highest BCUT2D eigenvalue weighted by Crippen LogP contribution is 2.32. The number of nitrogens with zero attached hydrogens (tertiary/aromatic N) is 4. The number of nitrogens with two attached hydrogens (primary N) is 1. The number of fused-ring (bicyclic) bond motifs is 3. The number of halogens is 3. The van der Waals surface area contributed by atoms with Gasteiger partial charge in [-0.05, 0) is 42.8 Å². The van der Waals surface area contributed by atoms with Crippen LogP contribution in [0.5, 0.6) is 0 Å². The molecule has 0 radical (unpaired) electrons. The zero-order valence-electron chi connectivity index (χ0n) is 18.0. The Hall–Kier alpha value is -3.31. The van der Waals surface area contributed by atoms with E-state index in [-0.39, 0.29) is 30.8 Å². The maximum Gasteiger partial charge on any atom is 0.435 e. The highest BCUT2D eigenvalue weighted by Gasteiger charge is 2.33. The predicted molar refractivity (Wildman–Crippen MR) is 113 cm³/mol. The van der Waals surface area contributed by atoms with E-state index in [9.17, 15) is 18.0 Å². The van der Waals surface area contributed by atoms with E-state index in [4.69, 9.17) is 15.2 Å². The van der Waals surface area contributed by atoms with Crippen molar-refractivity contribution in [1.29, 1.82) is 0 Å². The molecule has 0 saturated carbocycles. The number of pyridine rings is 1. The fourth-order valence-electron chi connectivity index (χ4n) is 3.80. The van der Waals surface area contributed by atoms with Crippen LogP contribution in [0.3, 0.4) is 0 Å². The molecule has 3 aromatic rings. The van der Waals surface area contributed by atoms with Crippen LogP contribution in [0.1, 0.15) is 39.8 Å². The summed E-state index contributed by atoms with van der Waals surface area (Å²) < 4.78 is 49.1. The maximum atomic E-state index is 13.5. The fourth-order valence-corrected chi connectivity index (χ4v) is 3.80. The van der Waals surface area contributed by atoms with Crippen molar-refractivity contribution in [2.75, 3.05) is 19.5 Å². The summed E-state index contributed by atoms with van der Waals surface area (Å²) in [4.78, 5) is 19.4. The van der Waals surface area contributed by atoms with Gasteiger partial charge in [0.15, 0.2) is 5.69 Å². The van der Waals surface area contributed by atoms with Crippen molar-refractivity contribution < 1.29 is 27.4 Å². The number of amides is 1. The summed E-state index contributed by atoms with van der Waals surface area (Å²) in [5.41, 5.74) is 7.91. The first-order chi connectivity index (χ1) is 15.7. The van der Waals surface area contributed by atoms with Gasteiger partial charge in [0, 0.05) is 23.6 Å². The molecule has 0 aliphatic carbocycles. The molecule has 1 unspecified atom stereocenters. The predicted octanol–water partition coefficient (Wildman–Crippen LogP) is 3.33. The largest absolute Gasteiger partial charge is 0.435 e. The van der Waals surface area contributed by atoms with Gasteiger partial charge >= 0.3 is 6.18 Å². The van der Waals surface area contributed by atoms with E-state index in [1.807, 2.05) is 0 Å². The number of rotatable bonds is 6. The topological polar surface area (TPSA) is 103 Å². The minimum absolute atomic E-state index is 0.0340. The second-order valence-corrected chi connectivity index (χ2v) is 7.82. The van der Waals surface area contributed by atoms with Gasteiger partial charge in [-0.25, -0.2) is 4.98 Å². The number of carbonyl (C=O) groups excluding carboxylic acids is 1. The molecule has 0 saturated heterocycles. The van der Waals surface area contributed by atoms with Crippen molar-refractivity contribution in [2.24, 2.45) is 0 Å². The highest BCUT2D eigenvalue weighted by molar-refractivity contribution is 5.99. The molecule has 174 valence electrons. The fraction of sp³-hybridized carbons (Fsp3) is 0.364. The van der Waals surface area contributed by atoms with E-state index < -0.39 is 11.9 Å². The lowest BCUT2D eigenvalue weighted by atomic mass is 10.0. The molecule has 1 aliphatic rings. The number of alkyl halides is 3. The van der Waals surface area contributed by atoms with Gasteiger partial charge in [0.2, 0.25) is 0 Å². The minimum atomic E-state index is -4.59. The third-order valence-corrected chi connectivity index (χ3v) is 5.52. The van der Waals surface area contributed by atoms with E-state index in [0.29, 0.717) is 30.1 Å². The Morgan fingerprint density at radius 3 is 2.64 bits per heavy atom. The molecule has 2 aromatic heterocycles. The Balaban J connectivity index is 1.67. The van der Waals surface area contributed by atoms with Gasteiger partial charge in [-0.15, -0.1) is 5.10 Å². The molecule has 1 amide bonds. The van der Waals surface area contributed by atoms with Gasteiger partial charge in [-0.1, -0.05) is 0 Å². The SMILES string of the molecule is COCC(C)N(Cc1ccc(C(F)(F)F)nn1)C(=O)c1ccc2nc(N)c3c(c2c1)COC3. The summed E-state index contributed by atoms with van der Waals surface area (Å²) >= 11 is 0. The quantitative estimate of drug-likeness (QED) is 0.601. The number of aromatic nitrogens is 3. The van der Waals surface area contributed by atoms with Crippen molar-refractivity contribution in [3.63, 3.8) is 0 Å². The van der Waals surface area contributed by atoms with Gasteiger partial charge < -0.3 is 20.1 Å². The number of nitrogen functional groups attached to an aromatic ring is 1. The highest BCUT2D eigenvalue weighted by atomic mass is 19.4. The monoisotopic (exact) mass is 461 g/mol. The number of hydrogen-bond donors (Lipinski definition) is 1. The van der Waals surface area contributed by atoms with Gasteiger partial charge in [0.1, 0.15) is 5.82 Å². The summed E-state index contributed by atoms with van der Waals surface area (Å²) in [5, 5.41) is 7.69. The molecule has 11 heteroatoms. The van der Waals surface area contributed by atoms with Crippen LogP contribution in [0.15, 0.2) is 30.3 Å². The molecule has 0 spiro atoms. The lowest BCUT2D eigenvalue weighted by Crippen LogP contribution is -2.40. The number of ether oxygens (including phenoxy) is 2. The first-order valence-electron chi connectivity index (χ1n) is 10.2. The first-order valence-corrected chi connectivity index (χ1v) is 10.2. The number of hydrogen-bond acceptors (Lipinski definition) is 7. The normalized spacial score (nSPS) is 14.3. The van der Waals surface area contributed by atoms with Crippen LogP contribution >= 0.6 is 0 Å². The van der Waals surface area contributed by atoms with Crippen LogP contribution in [-0.2, 0) is 35.4 Å². The molecular weight excluding hydrogens is 439 g/mol. The molecule has 8 nitrogen and oxygen atoms in total. The average Bonchev–Trinajstić information content (AvgIpc) is 3.28. The third kappa shape index (κ3) is 4.60. The average molecular weight is 461 g/mol. The first kappa shape index (κ1) is 22.9. The molecule has 1 aliphatic heterocycles. The summed E-state index contributed by atoms with van der Waals surface area (Å²) in [7, 11) is 1.51. The van der Waals surface area contributed by atoms with Crippen LogP contribution in [-0.4, -0.2) is 45.7 Å². The molecule has 4 rings (SSSR count). The van der Waals surface area contributed by atoms with Crippen molar-refractivity contribution in [1.82, 2.24) is 20.1 Å². The summed E-state index contributed by atoms with van der Waals surface area (Å²) in [6.45, 7) is 2.73. The van der Waals surface area contributed by atoms with Crippen LogP contribution in [0, 0.1) is 0 Å². The lowest BCUT2D eigenvalue weighted by Gasteiger charge is -2.29. The van der Waals surface area contributed by atoms with Crippen molar-refractivity contribution in [3.8, 4) is 0 Å². The van der Waals surface area contributed by atoms with Crippen LogP contribution in [0.2, 0.25) is 0 Å². The van der Waals surface area contributed by atoms with Gasteiger partial charge in [0.05, 0.1) is 43.6 Å². The van der Waals surface area contributed by atoms with Crippen LogP contribution in [0.4, 0.5) is 19.0 Å². The summed E-state index contributed by atoms with van der Waals surface area (Å²) in [5.74, 6) is 0.0814. The van der Waals surface area contributed by atoms with Gasteiger partial charge in [-0.3, -0.25) is 4.79 Å². The van der Waals surface area contributed by atoms with Gasteiger partial charge in [-0.2, -0.15) is 18.3 Å². The van der Waals surface area contributed by atoms with Crippen molar-refractivity contribution in [3.05, 3.63) is 58.4 Å². The Bertz CT molecular complexity index is 1180. The van der Waals surface area contributed by atoms with E-state index in [0.717, 1.165) is 22.6 Å². The van der Waals surface area contributed by atoms with Crippen molar-refractivity contribution >= 4 is 22.6 Å². The van der Waals surface area contributed by atoms with E-state index in [2.05, 4.69) is 15.2 Å². The van der Waals surface area contributed by atoms with Crippen LogP contribution in [0.25, 0.3) is 10.9 Å². The smallest absolute Gasteiger partial charge is 0.383 e.